The molecule has 0 aromatic carbocycles. The van der Waals surface area contributed by atoms with Gasteiger partial charge in [-0.15, -0.1) is 0 Å². The monoisotopic (exact) mass is 285 g/mol. The third-order valence-electron chi connectivity index (χ3n) is 3.71. The van der Waals surface area contributed by atoms with Gasteiger partial charge in [0.15, 0.2) is 11.5 Å². The molecule has 7 nitrogen and oxygen atoms in total. The summed E-state index contributed by atoms with van der Waals surface area (Å²) in [6.07, 6.45) is 4.88. The average Bonchev–Trinajstić information content (AvgIpc) is 3.19. The van der Waals surface area contributed by atoms with Crippen LogP contribution in [0.5, 0.6) is 0 Å². The summed E-state index contributed by atoms with van der Waals surface area (Å²) < 4.78 is 12.8. The van der Waals surface area contributed by atoms with Crippen LogP contribution in [0.4, 0.5) is 5.82 Å². The molecule has 1 unspecified atom stereocenters. The number of hydrogen-bond donors (Lipinski definition) is 1. The number of imidazole rings is 1. The van der Waals surface area contributed by atoms with Crippen molar-refractivity contribution in [3.8, 4) is 0 Å². The predicted molar refractivity (Wildman–Crippen MR) is 75.7 cm³/mol. The normalized spacial score (nSPS) is 18.6. The van der Waals surface area contributed by atoms with E-state index >= 15 is 0 Å². The molecule has 0 amide bonds. The van der Waals surface area contributed by atoms with Crippen LogP contribution >= 0.6 is 0 Å². The Morgan fingerprint density at radius 2 is 2.33 bits per heavy atom. The molecule has 4 heterocycles. The molecule has 0 spiro atoms. The Bertz CT molecular complexity index is 759. The van der Waals surface area contributed by atoms with Crippen LogP contribution in [-0.4, -0.2) is 32.7 Å². The number of aromatic nitrogens is 4. The summed E-state index contributed by atoms with van der Waals surface area (Å²) in [5, 5.41) is 0. The number of rotatable bonds is 3. The second-order valence-corrected chi connectivity index (χ2v) is 5.12. The fourth-order valence-corrected chi connectivity index (χ4v) is 2.64. The number of fused-ring (bicyclic) bond motifs is 1. The molecule has 3 aromatic heterocycles. The molecule has 0 radical (unpaired) electrons. The number of ether oxygens (including phenoxy) is 1. The van der Waals surface area contributed by atoms with Crippen molar-refractivity contribution in [1.82, 2.24) is 19.5 Å². The first kappa shape index (κ1) is 12.3. The van der Waals surface area contributed by atoms with Gasteiger partial charge in [0.1, 0.15) is 17.1 Å². The topological polar surface area (TPSA) is 92.0 Å². The van der Waals surface area contributed by atoms with Crippen LogP contribution in [0.3, 0.4) is 0 Å². The van der Waals surface area contributed by atoms with E-state index in [0.717, 1.165) is 24.4 Å². The van der Waals surface area contributed by atoms with E-state index in [1.807, 2.05) is 16.7 Å². The number of anilines is 1. The first-order chi connectivity index (χ1) is 10.3. The SMILES string of the molecule is Nc1nc(Cc2ccco2)nc2c1ncn2C1CCOC1. The molecule has 1 atom stereocenters. The minimum absolute atomic E-state index is 0.265. The third-order valence-corrected chi connectivity index (χ3v) is 3.71. The van der Waals surface area contributed by atoms with Gasteiger partial charge in [-0.25, -0.2) is 15.0 Å². The molecular formula is C14H15N5O2. The molecule has 1 aliphatic heterocycles. The van der Waals surface area contributed by atoms with E-state index in [9.17, 15) is 0 Å². The molecule has 4 rings (SSSR count). The van der Waals surface area contributed by atoms with Gasteiger partial charge in [0.2, 0.25) is 0 Å². The van der Waals surface area contributed by atoms with Crippen LogP contribution in [0.15, 0.2) is 29.1 Å². The molecule has 1 aliphatic rings. The Hall–Kier alpha value is -2.41. The Morgan fingerprint density at radius 1 is 1.38 bits per heavy atom. The molecule has 1 fully saturated rings. The Kier molecular flexibility index (Phi) is 2.85. The number of nitrogens with zero attached hydrogens (tertiary/aromatic N) is 4. The fourth-order valence-electron chi connectivity index (χ4n) is 2.64. The van der Waals surface area contributed by atoms with Gasteiger partial charge in [0, 0.05) is 6.61 Å². The smallest absolute Gasteiger partial charge is 0.166 e. The van der Waals surface area contributed by atoms with Crippen molar-refractivity contribution in [3.63, 3.8) is 0 Å². The first-order valence-electron chi connectivity index (χ1n) is 6.90. The molecule has 0 bridgehead atoms. The zero-order chi connectivity index (χ0) is 14.2. The van der Waals surface area contributed by atoms with Crippen LogP contribution in [-0.2, 0) is 11.2 Å². The van der Waals surface area contributed by atoms with E-state index in [1.54, 1.807) is 12.6 Å². The lowest BCUT2D eigenvalue weighted by atomic mass is 10.2. The summed E-state index contributed by atoms with van der Waals surface area (Å²) >= 11 is 0. The maximum Gasteiger partial charge on any atom is 0.166 e. The predicted octanol–water partition coefficient (Wildman–Crippen LogP) is 1.55. The Labute approximate surface area is 120 Å². The first-order valence-corrected chi connectivity index (χ1v) is 6.90. The highest BCUT2D eigenvalue weighted by Crippen LogP contribution is 2.25. The summed E-state index contributed by atoms with van der Waals surface area (Å²) in [5.41, 5.74) is 7.42. The number of nitrogen functional groups attached to an aromatic ring is 1. The van der Waals surface area contributed by atoms with Gasteiger partial charge in [0.05, 0.1) is 31.7 Å². The third kappa shape index (κ3) is 2.15. The van der Waals surface area contributed by atoms with Crippen LogP contribution in [0.1, 0.15) is 24.0 Å². The zero-order valence-electron chi connectivity index (χ0n) is 11.4. The quantitative estimate of drug-likeness (QED) is 0.785. The lowest BCUT2D eigenvalue weighted by Crippen LogP contribution is -2.10. The van der Waals surface area contributed by atoms with E-state index in [0.29, 0.717) is 30.2 Å². The lowest BCUT2D eigenvalue weighted by Gasteiger charge is -2.10. The van der Waals surface area contributed by atoms with Gasteiger partial charge in [0.25, 0.3) is 0 Å². The van der Waals surface area contributed by atoms with Crippen LogP contribution in [0.25, 0.3) is 11.2 Å². The molecule has 0 saturated carbocycles. The molecular weight excluding hydrogens is 270 g/mol. The largest absolute Gasteiger partial charge is 0.469 e. The Balaban J connectivity index is 1.77. The summed E-state index contributed by atoms with van der Waals surface area (Å²) in [7, 11) is 0. The van der Waals surface area contributed by atoms with Gasteiger partial charge in [-0.05, 0) is 18.6 Å². The Morgan fingerprint density at radius 3 is 3.10 bits per heavy atom. The summed E-state index contributed by atoms with van der Waals surface area (Å²) in [6.45, 7) is 1.45. The van der Waals surface area contributed by atoms with Crippen LogP contribution in [0, 0.1) is 0 Å². The maximum atomic E-state index is 6.01. The number of nitrogens with two attached hydrogens (primary N) is 1. The second-order valence-electron chi connectivity index (χ2n) is 5.12. The van der Waals surface area contributed by atoms with Crippen LogP contribution in [0.2, 0.25) is 0 Å². The molecule has 0 aliphatic carbocycles. The maximum absolute atomic E-state index is 6.01. The van der Waals surface area contributed by atoms with Crippen molar-refractivity contribution >= 4 is 17.0 Å². The fraction of sp³-hybridized carbons (Fsp3) is 0.357. The van der Waals surface area contributed by atoms with Gasteiger partial charge >= 0.3 is 0 Å². The minimum atomic E-state index is 0.265. The summed E-state index contributed by atoms with van der Waals surface area (Å²) in [4.78, 5) is 13.3. The lowest BCUT2D eigenvalue weighted by molar-refractivity contribution is 0.187. The van der Waals surface area contributed by atoms with Crippen molar-refractivity contribution in [2.75, 3.05) is 18.9 Å². The van der Waals surface area contributed by atoms with Gasteiger partial charge < -0.3 is 19.5 Å². The number of hydrogen-bond acceptors (Lipinski definition) is 6. The summed E-state index contributed by atoms with van der Waals surface area (Å²) in [5.74, 6) is 1.85. The molecule has 108 valence electrons. The van der Waals surface area contributed by atoms with Gasteiger partial charge in [-0.1, -0.05) is 0 Å². The molecule has 3 aromatic rings. The highest BCUT2D eigenvalue weighted by molar-refractivity contribution is 5.81. The van der Waals surface area contributed by atoms with Crippen molar-refractivity contribution in [1.29, 1.82) is 0 Å². The molecule has 2 N–H and O–H groups in total. The summed E-state index contributed by atoms with van der Waals surface area (Å²) in [6, 6.07) is 4.00. The highest BCUT2D eigenvalue weighted by atomic mass is 16.5. The van der Waals surface area contributed by atoms with Crippen molar-refractivity contribution in [2.45, 2.75) is 18.9 Å². The highest BCUT2D eigenvalue weighted by Gasteiger charge is 2.21. The van der Waals surface area contributed by atoms with Crippen molar-refractivity contribution in [3.05, 3.63) is 36.3 Å². The standard InChI is InChI=1S/C14H15N5O2/c15-13-12-14(19(8-16-12)9-3-5-20-7-9)18-11(17-13)6-10-2-1-4-21-10/h1-2,4,8-9H,3,5-7H2,(H2,15,17,18). The van der Waals surface area contributed by atoms with E-state index in [-0.39, 0.29) is 6.04 Å². The van der Waals surface area contributed by atoms with Crippen molar-refractivity contribution in [2.24, 2.45) is 0 Å². The zero-order valence-corrected chi connectivity index (χ0v) is 11.4. The molecule has 7 heteroatoms. The minimum Gasteiger partial charge on any atom is -0.469 e. The van der Waals surface area contributed by atoms with Crippen LogP contribution < -0.4 is 5.73 Å². The average molecular weight is 285 g/mol. The van der Waals surface area contributed by atoms with E-state index in [2.05, 4.69) is 15.0 Å². The van der Waals surface area contributed by atoms with Crippen molar-refractivity contribution < 1.29 is 9.15 Å². The molecule has 21 heavy (non-hydrogen) atoms. The van der Waals surface area contributed by atoms with Gasteiger partial charge in [-0.2, -0.15) is 0 Å². The number of furan rings is 1. The van der Waals surface area contributed by atoms with Gasteiger partial charge in [-0.3, -0.25) is 0 Å². The van der Waals surface area contributed by atoms with E-state index in [1.165, 1.54) is 0 Å². The second kappa shape index (κ2) is 4.85. The van der Waals surface area contributed by atoms with E-state index < -0.39 is 0 Å². The molecule has 1 saturated heterocycles. The van der Waals surface area contributed by atoms with E-state index in [4.69, 9.17) is 14.9 Å².